The summed E-state index contributed by atoms with van der Waals surface area (Å²) in [4.78, 5) is 37.7. The van der Waals surface area contributed by atoms with Gasteiger partial charge in [-0.2, -0.15) is 0 Å². The van der Waals surface area contributed by atoms with Crippen LogP contribution in [0.4, 0.5) is 0 Å². The summed E-state index contributed by atoms with van der Waals surface area (Å²) in [6, 6.07) is 4.80. The van der Waals surface area contributed by atoms with Crippen molar-refractivity contribution >= 4 is 17.8 Å². The van der Waals surface area contributed by atoms with E-state index < -0.39 is 5.97 Å². The van der Waals surface area contributed by atoms with Gasteiger partial charge in [-0.1, -0.05) is 6.92 Å². The third kappa shape index (κ3) is 5.87. The highest BCUT2D eigenvalue weighted by Crippen LogP contribution is 2.29. The Morgan fingerprint density at radius 3 is 2.68 bits per heavy atom. The molecule has 2 amide bonds. The molecule has 0 saturated carbocycles. The van der Waals surface area contributed by atoms with Gasteiger partial charge in [0.05, 0.1) is 14.2 Å². The molecule has 1 heterocycles. The second kappa shape index (κ2) is 10.5. The molecule has 8 heteroatoms. The standard InChI is InChI=1S/C20H28N2O6/c1-4-6-18(23)21-15-7-5-10-22(12-15)20(25)14-8-9-16(17(11-14)26-2)28-13-19(24)27-3/h8-9,11,15H,4-7,10,12-13H2,1-3H3,(H,21,23). The molecule has 1 atom stereocenters. The number of ether oxygens (including phenoxy) is 3. The third-order valence-corrected chi connectivity index (χ3v) is 4.53. The SMILES string of the molecule is CCCC(=O)NC1CCCN(C(=O)c2ccc(OCC(=O)OC)c(OC)c2)C1. The number of hydrogen-bond acceptors (Lipinski definition) is 6. The van der Waals surface area contributed by atoms with Gasteiger partial charge in [-0.05, 0) is 37.5 Å². The molecule has 154 valence electrons. The summed E-state index contributed by atoms with van der Waals surface area (Å²) in [7, 11) is 2.75. The minimum absolute atomic E-state index is 0.0237. The van der Waals surface area contributed by atoms with E-state index in [0.29, 0.717) is 36.6 Å². The molecular formula is C20H28N2O6. The second-order valence-corrected chi connectivity index (χ2v) is 6.64. The van der Waals surface area contributed by atoms with Crippen LogP contribution in [0.15, 0.2) is 18.2 Å². The van der Waals surface area contributed by atoms with E-state index in [4.69, 9.17) is 9.47 Å². The Labute approximate surface area is 165 Å². The van der Waals surface area contributed by atoms with Crippen LogP contribution in [-0.2, 0) is 14.3 Å². The number of likely N-dealkylation sites (tertiary alicyclic amines) is 1. The monoisotopic (exact) mass is 392 g/mol. The molecule has 28 heavy (non-hydrogen) atoms. The second-order valence-electron chi connectivity index (χ2n) is 6.64. The number of nitrogens with one attached hydrogen (secondary N) is 1. The summed E-state index contributed by atoms with van der Waals surface area (Å²) < 4.78 is 15.2. The first-order valence-electron chi connectivity index (χ1n) is 9.44. The first-order valence-corrected chi connectivity index (χ1v) is 9.44. The van der Waals surface area contributed by atoms with E-state index in [2.05, 4.69) is 10.1 Å². The van der Waals surface area contributed by atoms with Crippen molar-refractivity contribution in [1.29, 1.82) is 0 Å². The molecular weight excluding hydrogens is 364 g/mol. The zero-order chi connectivity index (χ0) is 20.5. The van der Waals surface area contributed by atoms with Gasteiger partial charge in [-0.3, -0.25) is 9.59 Å². The number of esters is 1. The number of piperidine rings is 1. The predicted octanol–water partition coefficient (Wildman–Crippen LogP) is 1.77. The van der Waals surface area contributed by atoms with Gasteiger partial charge in [0.25, 0.3) is 5.91 Å². The van der Waals surface area contributed by atoms with Crippen molar-refractivity contribution in [2.24, 2.45) is 0 Å². The predicted molar refractivity (Wildman–Crippen MR) is 102 cm³/mol. The zero-order valence-electron chi connectivity index (χ0n) is 16.7. The number of nitrogens with zero attached hydrogens (tertiary/aromatic N) is 1. The van der Waals surface area contributed by atoms with Gasteiger partial charge in [-0.25, -0.2) is 4.79 Å². The maximum absolute atomic E-state index is 12.9. The van der Waals surface area contributed by atoms with Crippen molar-refractivity contribution in [3.63, 3.8) is 0 Å². The van der Waals surface area contributed by atoms with Gasteiger partial charge >= 0.3 is 5.97 Å². The number of benzene rings is 1. The summed E-state index contributed by atoms with van der Waals surface area (Å²) in [5, 5.41) is 3.00. The molecule has 1 fully saturated rings. The topological polar surface area (TPSA) is 94.2 Å². The lowest BCUT2D eigenvalue weighted by Gasteiger charge is -2.33. The van der Waals surface area contributed by atoms with Gasteiger partial charge < -0.3 is 24.4 Å². The van der Waals surface area contributed by atoms with Gasteiger partial charge in [0.2, 0.25) is 5.91 Å². The number of carbonyl (C=O) groups excluding carboxylic acids is 3. The van der Waals surface area contributed by atoms with E-state index in [1.54, 1.807) is 23.1 Å². The van der Waals surface area contributed by atoms with Crippen molar-refractivity contribution in [2.75, 3.05) is 33.9 Å². The van der Waals surface area contributed by atoms with Gasteiger partial charge in [-0.15, -0.1) is 0 Å². The molecule has 1 unspecified atom stereocenters. The van der Waals surface area contributed by atoms with Crippen molar-refractivity contribution < 1.29 is 28.6 Å². The van der Waals surface area contributed by atoms with E-state index in [1.165, 1.54) is 14.2 Å². The Kier molecular flexibility index (Phi) is 8.10. The van der Waals surface area contributed by atoms with Crippen LogP contribution >= 0.6 is 0 Å². The smallest absolute Gasteiger partial charge is 0.343 e. The molecule has 1 aliphatic rings. The van der Waals surface area contributed by atoms with Crippen LogP contribution in [-0.4, -0.2) is 62.6 Å². The van der Waals surface area contributed by atoms with E-state index in [9.17, 15) is 14.4 Å². The Hall–Kier alpha value is -2.77. The fraction of sp³-hybridized carbons (Fsp3) is 0.550. The number of carbonyl (C=O) groups is 3. The van der Waals surface area contributed by atoms with E-state index >= 15 is 0 Å². The highest BCUT2D eigenvalue weighted by atomic mass is 16.6. The summed E-state index contributed by atoms with van der Waals surface area (Å²) in [5.74, 6) is 0.0990. The number of rotatable bonds is 8. The van der Waals surface area contributed by atoms with Gasteiger partial charge in [0.1, 0.15) is 0 Å². The van der Waals surface area contributed by atoms with Crippen LogP contribution in [0, 0.1) is 0 Å². The van der Waals surface area contributed by atoms with Crippen molar-refractivity contribution in [2.45, 2.75) is 38.6 Å². The number of hydrogen-bond donors (Lipinski definition) is 1. The van der Waals surface area contributed by atoms with Crippen molar-refractivity contribution in [1.82, 2.24) is 10.2 Å². The summed E-state index contributed by atoms with van der Waals surface area (Å²) in [6.45, 7) is 2.84. The Bertz CT molecular complexity index is 706. The molecule has 0 radical (unpaired) electrons. The van der Waals surface area contributed by atoms with Crippen LogP contribution in [0.3, 0.4) is 0 Å². The Balaban J connectivity index is 2.04. The van der Waals surface area contributed by atoms with Crippen LogP contribution in [0.25, 0.3) is 0 Å². The molecule has 0 bridgehead atoms. The average Bonchev–Trinajstić information content (AvgIpc) is 2.71. The summed E-state index contributed by atoms with van der Waals surface area (Å²) in [5.41, 5.74) is 0.461. The minimum atomic E-state index is -0.508. The highest BCUT2D eigenvalue weighted by Gasteiger charge is 2.26. The molecule has 0 aromatic heterocycles. The largest absolute Gasteiger partial charge is 0.493 e. The first-order chi connectivity index (χ1) is 13.5. The lowest BCUT2D eigenvalue weighted by molar-refractivity contribution is -0.142. The van der Waals surface area contributed by atoms with E-state index in [1.807, 2.05) is 6.92 Å². The number of methoxy groups -OCH3 is 2. The van der Waals surface area contributed by atoms with Crippen LogP contribution in [0.1, 0.15) is 43.0 Å². The number of amides is 2. The summed E-state index contributed by atoms with van der Waals surface area (Å²) in [6.07, 6.45) is 2.99. The fourth-order valence-electron chi connectivity index (χ4n) is 3.10. The van der Waals surface area contributed by atoms with E-state index in [-0.39, 0.29) is 24.5 Å². The minimum Gasteiger partial charge on any atom is -0.493 e. The molecule has 1 aliphatic heterocycles. The molecule has 1 aromatic carbocycles. The van der Waals surface area contributed by atoms with E-state index in [0.717, 1.165) is 19.3 Å². The lowest BCUT2D eigenvalue weighted by atomic mass is 10.0. The molecule has 8 nitrogen and oxygen atoms in total. The maximum Gasteiger partial charge on any atom is 0.343 e. The molecule has 0 spiro atoms. The van der Waals surface area contributed by atoms with Crippen LogP contribution < -0.4 is 14.8 Å². The Morgan fingerprint density at radius 2 is 2.00 bits per heavy atom. The van der Waals surface area contributed by atoms with Gasteiger partial charge in [0.15, 0.2) is 18.1 Å². The maximum atomic E-state index is 12.9. The van der Waals surface area contributed by atoms with Crippen LogP contribution in [0.2, 0.25) is 0 Å². The fourth-order valence-corrected chi connectivity index (χ4v) is 3.10. The Morgan fingerprint density at radius 1 is 1.21 bits per heavy atom. The zero-order valence-corrected chi connectivity index (χ0v) is 16.7. The van der Waals surface area contributed by atoms with Crippen molar-refractivity contribution in [3.05, 3.63) is 23.8 Å². The molecule has 1 N–H and O–H groups in total. The third-order valence-electron chi connectivity index (χ3n) is 4.53. The molecule has 1 saturated heterocycles. The quantitative estimate of drug-likeness (QED) is 0.678. The lowest BCUT2D eigenvalue weighted by Crippen LogP contribution is -2.49. The average molecular weight is 392 g/mol. The first kappa shape index (κ1) is 21.5. The van der Waals surface area contributed by atoms with Crippen molar-refractivity contribution in [3.8, 4) is 11.5 Å². The highest BCUT2D eigenvalue weighted by molar-refractivity contribution is 5.95. The van der Waals surface area contributed by atoms with Gasteiger partial charge in [0, 0.05) is 31.1 Å². The normalized spacial score (nSPS) is 16.2. The summed E-state index contributed by atoms with van der Waals surface area (Å²) >= 11 is 0. The van der Waals surface area contributed by atoms with Crippen LogP contribution in [0.5, 0.6) is 11.5 Å². The molecule has 2 rings (SSSR count). The molecule has 0 aliphatic carbocycles. The molecule has 1 aromatic rings.